The third kappa shape index (κ3) is 6.02. The van der Waals surface area contributed by atoms with Crippen LogP contribution in [0.15, 0.2) is 52.2 Å². The largest absolute Gasteiger partial charge is 0.383 e. The molecule has 12 heteroatoms. The van der Waals surface area contributed by atoms with Gasteiger partial charge in [-0.15, -0.1) is 0 Å². The number of carbonyl (C=O) groups is 1. The first-order valence-corrected chi connectivity index (χ1v) is 13.6. The number of aromatic amines is 1. The molecule has 0 aliphatic carbocycles. The van der Waals surface area contributed by atoms with E-state index < -0.39 is 15.9 Å². The number of aromatic nitrogens is 2. The first kappa shape index (κ1) is 27.2. The topological polar surface area (TPSA) is 122 Å². The normalized spacial score (nSPS) is 18.7. The number of nitrogens with one attached hydrogen (secondary N) is 1. The Bertz CT molecular complexity index is 1450. The second-order valence-corrected chi connectivity index (χ2v) is 11.3. The molecule has 2 unspecified atom stereocenters. The second kappa shape index (κ2) is 11.3. The molecule has 198 valence electrons. The number of nitrogens with zero attached hydrogens (tertiary/aromatic N) is 3. The molecule has 1 fully saturated rings. The molecule has 0 spiro atoms. The number of halogens is 1. The van der Waals surface area contributed by atoms with Crippen molar-refractivity contribution in [1.29, 1.82) is 0 Å². The summed E-state index contributed by atoms with van der Waals surface area (Å²) in [5.74, 6) is -0.157. The Labute approximate surface area is 220 Å². The number of benzene rings is 2. The van der Waals surface area contributed by atoms with Crippen molar-refractivity contribution in [3.05, 3.63) is 69.2 Å². The highest BCUT2D eigenvalue weighted by Gasteiger charge is 2.34. The fraction of sp³-hybridized carbons (Fsp3) is 0.400. The lowest BCUT2D eigenvalue weighted by atomic mass is 10.2. The number of fused-ring (bicyclic) bond motifs is 1. The lowest BCUT2D eigenvalue weighted by molar-refractivity contribution is -0.0440. The van der Waals surface area contributed by atoms with Gasteiger partial charge < -0.3 is 19.4 Å². The Hall–Kier alpha value is -2.83. The van der Waals surface area contributed by atoms with Crippen LogP contribution in [-0.2, 0) is 26.0 Å². The lowest BCUT2D eigenvalue weighted by Gasteiger charge is -2.34. The zero-order valence-corrected chi connectivity index (χ0v) is 22.4. The minimum absolute atomic E-state index is 0.00846. The molecule has 0 bridgehead atoms. The summed E-state index contributed by atoms with van der Waals surface area (Å²) >= 11 is 6.31. The molecule has 1 aliphatic heterocycles. The Morgan fingerprint density at radius 2 is 1.92 bits per heavy atom. The summed E-state index contributed by atoms with van der Waals surface area (Å²) in [7, 11) is -2.47. The zero-order valence-electron chi connectivity index (χ0n) is 20.8. The number of methoxy groups -OCH3 is 1. The van der Waals surface area contributed by atoms with Crippen molar-refractivity contribution in [2.24, 2.45) is 0 Å². The standard InChI is InChI=1S/C25H29ClN4O6S/c1-16-13-30(14-17(2)36-16)37(33,34)22-12-18(8-9-20(22)26)25(32)29(10-11-35-3)15-23-27-21-7-5-4-6-19(21)24(31)28-23/h4-9,12,16-17H,10-11,13-15H2,1-3H3,(H,27,28,31). The van der Waals surface area contributed by atoms with Crippen LogP contribution in [0.4, 0.5) is 0 Å². The van der Waals surface area contributed by atoms with Gasteiger partial charge in [0, 0.05) is 32.3 Å². The number of carbonyl (C=O) groups excluding carboxylic acids is 1. The van der Waals surface area contributed by atoms with Gasteiger partial charge in [-0.25, -0.2) is 13.4 Å². The quantitative estimate of drug-likeness (QED) is 0.459. The van der Waals surface area contributed by atoms with E-state index >= 15 is 0 Å². The summed E-state index contributed by atoms with van der Waals surface area (Å²) in [6.45, 7) is 4.38. The Morgan fingerprint density at radius 1 is 1.22 bits per heavy atom. The van der Waals surface area contributed by atoms with Crippen LogP contribution in [0.1, 0.15) is 30.0 Å². The van der Waals surface area contributed by atoms with Crippen LogP contribution in [0.3, 0.4) is 0 Å². The highest BCUT2D eigenvalue weighted by atomic mass is 35.5. The van der Waals surface area contributed by atoms with E-state index in [0.29, 0.717) is 16.7 Å². The summed E-state index contributed by atoms with van der Waals surface area (Å²) < 4.78 is 39.1. The minimum Gasteiger partial charge on any atom is -0.383 e. The summed E-state index contributed by atoms with van der Waals surface area (Å²) in [6.07, 6.45) is -0.550. The van der Waals surface area contributed by atoms with E-state index in [1.165, 1.54) is 34.5 Å². The first-order valence-electron chi connectivity index (χ1n) is 11.8. The molecule has 2 atom stereocenters. The van der Waals surface area contributed by atoms with E-state index in [2.05, 4.69) is 9.97 Å². The fourth-order valence-electron chi connectivity index (χ4n) is 4.33. The van der Waals surface area contributed by atoms with E-state index in [9.17, 15) is 18.0 Å². The van der Waals surface area contributed by atoms with Crippen molar-refractivity contribution < 1.29 is 22.7 Å². The molecule has 2 aromatic carbocycles. The van der Waals surface area contributed by atoms with Crippen molar-refractivity contribution in [3.8, 4) is 0 Å². The van der Waals surface area contributed by atoms with Crippen LogP contribution in [-0.4, -0.2) is 79.1 Å². The van der Waals surface area contributed by atoms with Crippen LogP contribution >= 0.6 is 11.6 Å². The van der Waals surface area contributed by atoms with E-state index in [1.807, 2.05) is 0 Å². The molecular formula is C25H29ClN4O6S. The van der Waals surface area contributed by atoms with Gasteiger partial charge in [-0.3, -0.25) is 9.59 Å². The van der Waals surface area contributed by atoms with Crippen LogP contribution < -0.4 is 5.56 Å². The van der Waals surface area contributed by atoms with E-state index in [-0.39, 0.29) is 66.0 Å². The molecule has 1 aromatic heterocycles. The average molecular weight is 549 g/mol. The Morgan fingerprint density at radius 3 is 2.62 bits per heavy atom. The van der Waals surface area contributed by atoms with Gasteiger partial charge >= 0.3 is 0 Å². The predicted molar refractivity (Wildman–Crippen MR) is 139 cm³/mol. The number of H-pyrrole nitrogens is 1. The van der Waals surface area contributed by atoms with Crippen molar-refractivity contribution in [2.45, 2.75) is 37.5 Å². The number of hydrogen-bond donors (Lipinski definition) is 1. The molecule has 2 heterocycles. The smallest absolute Gasteiger partial charge is 0.258 e. The predicted octanol–water partition coefficient (Wildman–Crippen LogP) is 2.66. The summed E-state index contributed by atoms with van der Waals surface area (Å²) in [5, 5.41) is 0.465. The number of morpholine rings is 1. The molecular weight excluding hydrogens is 520 g/mol. The van der Waals surface area contributed by atoms with Crippen LogP contribution in [0.5, 0.6) is 0 Å². The van der Waals surface area contributed by atoms with Gasteiger partial charge in [0.25, 0.3) is 11.5 Å². The van der Waals surface area contributed by atoms with Gasteiger partial charge in [-0.05, 0) is 44.2 Å². The summed E-state index contributed by atoms with van der Waals surface area (Å²) in [5.41, 5.74) is 0.333. The van der Waals surface area contributed by atoms with Gasteiger partial charge in [-0.2, -0.15) is 4.31 Å². The maximum absolute atomic E-state index is 13.6. The molecule has 3 aromatic rings. The Kier molecular flexibility index (Phi) is 8.29. The Balaban J connectivity index is 1.65. The maximum Gasteiger partial charge on any atom is 0.258 e. The number of ether oxygens (including phenoxy) is 2. The molecule has 1 amide bonds. The van der Waals surface area contributed by atoms with Crippen LogP contribution in [0.25, 0.3) is 10.9 Å². The molecule has 0 radical (unpaired) electrons. The summed E-state index contributed by atoms with van der Waals surface area (Å²) in [6, 6.07) is 11.1. The van der Waals surface area contributed by atoms with Gasteiger partial charge in [0.15, 0.2) is 0 Å². The van der Waals surface area contributed by atoms with Gasteiger partial charge in [0.2, 0.25) is 10.0 Å². The number of para-hydroxylation sites is 1. The number of sulfonamides is 1. The van der Waals surface area contributed by atoms with Gasteiger partial charge in [0.05, 0.1) is 41.3 Å². The minimum atomic E-state index is -3.98. The van der Waals surface area contributed by atoms with Crippen LogP contribution in [0, 0.1) is 0 Å². The second-order valence-electron chi connectivity index (χ2n) is 8.97. The number of rotatable bonds is 8. The summed E-state index contributed by atoms with van der Waals surface area (Å²) in [4.78, 5) is 34.6. The number of amides is 1. The fourth-order valence-corrected chi connectivity index (χ4v) is 6.42. The zero-order chi connectivity index (χ0) is 26.7. The highest BCUT2D eigenvalue weighted by molar-refractivity contribution is 7.89. The molecule has 1 aliphatic rings. The molecule has 10 nitrogen and oxygen atoms in total. The lowest BCUT2D eigenvalue weighted by Crippen LogP contribution is -2.48. The molecule has 1 saturated heterocycles. The highest BCUT2D eigenvalue weighted by Crippen LogP contribution is 2.28. The van der Waals surface area contributed by atoms with Crippen molar-refractivity contribution >= 4 is 38.4 Å². The molecule has 37 heavy (non-hydrogen) atoms. The average Bonchev–Trinajstić information content (AvgIpc) is 2.86. The van der Waals surface area contributed by atoms with E-state index in [0.717, 1.165) is 0 Å². The van der Waals surface area contributed by atoms with Gasteiger partial charge in [0.1, 0.15) is 10.7 Å². The maximum atomic E-state index is 13.6. The third-order valence-electron chi connectivity index (χ3n) is 6.04. The van der Waals surface area contributed by atoms with Crippen molar-refractivity contribution in [3.63, 3.8) is 0 Å². The number of hydrogen-bond acceptors (Lipinski definition) is 7. The molecule has 1 N–H and O–H groups in total. The van der Waals surface area contributed by atoms with E-state index in [4.69, 9.17) is 21.1 Å². The monoisotopic (exact) mass is 548 g/mol. The molecule has 4 rings (SSSR count). The first-order chi connectivity index (χ1) is 17.6. The van der Waals surface area contributed by atoms with Gasteiger partial charge in [-0.1, -0.05) is 23.7 Å². The van der Waals surface area contributed by atoms with Crippen molar-refractivity contribution in [2.75, 3.05) is 33.4 Å². The van der Waals surface area contributed by atoms with Crippen molar-refractivity contribution in [1.82, 2.24) is 19.2 Å². The van der Waals surface area contributed by atoms with E-state index in [1.54, 1.807) is 38.1 Å². The third-order valence-corrected chi connectivity index (χ3v) is 8.35. The molecule has 0 saturated carbocycles. The SMILES string of the molecule is COCCN(Cc1nc2ccccc2c(=O)[nH]1)C(=O)c1ccc(Cl)c(S(=O)(=O)N2CC(C)OC(C)C2)c1. The van der Waals surface area contributed by atoms with Crippen LogP contribution in [0.2, 0.25) is 5.02 Å².